The first-order valence-electron chi connectivity index (χ1n) is 15.4. The number of hydrogen-bond acceptors (Lipinski definition) is 7. The largest absolute Gasteiger partial charge is 0.385 e. The number of nitrogens with zero attached hydrogens (tertiary/aromatic N) is 5. The molecule has 0 saturated heterocycles. The van der Waals surface area contributed by atoms with Crippen LogP contribution in [0.1, 0.15) is 60.5 Å². The van der Waals surface area contributed by atoms with Gasteiger partial charge < -0.3 is 15.4 Å². The molecule has 5 rings (SSSR count). The molecule has 0 bridgehead atoms. The van der Waals surface area contributed by atoms with E-state index in [1.165, 1.54) is 0 Å². The number of nitriles is 1. The van der Waals surface area contributed by atoms with Crippen LogP contribution in [0.3, 0.4) is 0 Å². The van der Waals surface area contributed by atoms with Gasteiger partial charge in [-0.1, -0.05) is 54.6 Å². The number of aromatic nitrogens is 4. The van der Waals surface area contributed by atoms with E-state index in [1.54, 1.807) is 18.0 Å². The summed E-state index contributed by atoms with van der Waals surface area (Å²) in [7, 11) is 3.59. The molecule has 1 amide bonds. The highest BCUT2D eigenvalue weighted by Crippen LogP contribution is 2.40. The zero-order chi connectivity index (χ0) is 30.7. The predicted molar refractivity (Wildman–Crippen MR) is 171 cm³/mol. The zero-order valence-electron chi connectivity index (χ0n) is 25.6. The van der Waals surface area contributed by atoms with Crippen LogP contribution in [0.15, 0.2) is 73.2 Å². The number of aryl methyl sites for hydroxylation is 1. The summed E-state index contributed by atoms with van der Waals surface area (Å²) in [5.74, 6) is 1.87. The van der Waals surface area contributed by atoms with E-state index in [0.717, 1.165) is 66.6 Å². The maximum Gasteiger partial charge on any atom is 0.228 e. The number of methoxy groups -OCH3 is 1. The molecule has 2 aromatic carbocycles. The van der Waals surface area contributed by atoms with Gasteiger partial charge in [0.05, 0.1) is 18.3 Å². The maximum absolute atomic E-state index is 13.8. The average molecular weight is 592 g/mol. The third-order valence-corrected chi connectivity index (χ3v) is 8.51. The van der Waals surface area contributed by atoms with Gasteiger partial charge >= 0.3 is 0 Å². The molecular formula is C35H41N7O2. The minimum Gasteiger partial charge on any atom is -0.385 e. The van der Waals surface area contributed by atoms with Gasteiger partial charge in [0, 0.05) is 52.0 Å². The first kappa shape index (κ1) is 30.9. The zero-order valence-corrected chi connectivity index (χ0v) is 25.6. The van der Waals surface area contributed by atoms with Crippen LogP contribution in [0.5, 0.6) is 0 Å². The van der Waals surface area contributed by atoms with Crippen LogP contribution < -0.4 is 10.6 Å². The number of rotatable bonds is 13. The first-order chi connectivity index (χ1) is 21.5. The molecule has 2 heterocycles. The molecule has 1 saturated carbocycles. The third kappa shape index (κ3) is 8.08. The molecule has 1 fully saturated rings. The van der Waals surface area contributed by atoms with Crippen LogP contribution >= 0.6 is 0 Å². The first-order valence-corrected chi connectivity index (χ1v) is 15.4. The van der Waals surface area contributed by atoms with E-state index < -0.39 is 0 Å². The van der Waals surface area contributed by atoms with E-state index in [9.17, 15) is 10.1 Å². The lowest BCUT2D eigenvalue weighted by molar-refractivity contribution is -0.124. The smallest absolute Gasteiger partial charge is 0.228 e. The van der Waals surface area contributed by atoms with Gasteiger partial charge in [-0.3, -0.25) is 9.48 Å². The molecule has 9 nitrogen and oxygen atoms in total. The second-order valence-electron chi connectivity index (χ2n) is 11.6. The molecule has 44 heavy (non-hydrogen) atoms. The minimum atomic E-state index is -0.225. The summed E-state index contributed by atoms with van der Waals surface area (Å²) in [5.41, 5.74) is 4.73. The van der Waals surface area contributed by atoms with Gasteiger partial charge in [0.1, 0.15) is 23.3 Å². The van der Waals surface area contributed by atoms with Gasteiger partial charge in [-0.25, -0.2) is 9.97 Å². The summed E-state index contributed by atoms with van der Waals surface area (Å²) in [6.07, 6.45) is 11.0. The van der Waals surface area contributed by atoms with E-state index in [2.05, 4.69) is 51.1 Å². The number of hydrogen-bond donors (Lipinski definition) is 2. The SMILES string of the molecule is COCCCNc1nc(C[C@H]2CC[C@H](C(C(=O)NCc3ccccc3)c3ccc(-c4cnn(C)c4)cc3)CC2)ncc1C#N. The van der Waals surface area contributed by atoms with Gasteiger partial charge in [-0.05, 0) is 60.6 Å². The summed E-state index contributed by atoms with van der Waals surface area (Å²) < 4.78 is 6.92. The molecule has 2 N–H and O–H groups in total. The number of ether oxygens (including phenoxy) is 1. The Bertz CT molecular complexity index is 1540. The molecule has 1 atom stereocenters. The minimum absolute atomic E-state index is 0.0750. The Morgan fingerprint density at radius 1 is 1.07 bits per heavy atom. The van der Waals surface area contributed by atoms with Gasteiger partial charge in [-0.15, -0.1) is 0 Å². The normalized spacial score (nSPS) is 17.0. The summed E-state index contributed by atoms with van der Waals surface area (Å²) in [6, 6.07) is 20.6. The van der Waals surface area contributed by atoms with Crippen molar-refractivity contribution in [2.45, 2.75) is 51.0 Å². The molecule has 0 aliphatic heterocycles. The van der Waals surface area contributed by atoms with E-state index in [-0.39, 0.29) is 17.7 Å². The number of nitrogens with one attached hydrogen (secondary N) is 2. The Morgan fingerprint density at radius 3 is 2.52 bits per heavy atom. The molecular weight excluding hydrogens is 550 g/mol. The Labute approximate surface area is 259 Å². The number of anilines is 1. The molecule has 1 aliphatic rings. The topological polar surface area (TPSA) is 118 Å². The van der Waals surface area contributed by atoms with Gasteiger partial charge in [0.15, 0.2) is 0 Å². The fraction of sp³-hybridized carbons (Fsp3) is 0.400. The summed E-state index contributed by atoms with van der Waals surface area (Å²) in [5, 5.41) is 20.3. The number of amides is 1. The van der Waals surface area contributed by atoms with Crippen molar-refractivity contribution in [3.63, 3.8) is 0 Å². The summed E-state index contributed by atoms with van der Waals surface area (Å²) in [6.45, 7) is 1.84. The fourth-order valence-electron chi connectivity index (χ4n) is 6.13. The van der Waals surface area contributed by atoms with Gasteiger partial charge in [0.2, 0.25) is 5.91 Å². The molecule has 228 valence electrons. The molecule has 4 aromatic rings. The highest BCUT2D eigenvalue weighted by atomic mass is 16.5. The van der Waals surface area contributed by atoms with E-state index in [0.29, 0.717) is 37.0 Å². The second kappa shape index (κ2) is 15.3. The summed E-state index contributed by atoms with van der Waals surface area (Å²) >= 11 is 0. The van der Waals surface area contributed by atoms with E-state index in [4.69, 9.17) is 9.72 Å². The Balaban J connectivity index is 1.26. The monoisotopic (exact) mass is 591 g/mol. The van der Waals surface area contributed by atoms with Crippen LogP contribution in [0.2, 0.25) is 0 Å². The summed E-state index contributed by atoms with van der Waals surface area (Å²) in [4.78, 5) is 23.0. The molecule has 9 heteroatoms. The fourth-order valence-corrected chi connectivity index (χ4v) is 6.13. The highest BCUT2D eigenvalue weighted by molar-refractivity contribution is 5.84. The molecule has 2 aromatic heterocycles. The van der Waals surface area contributed by atoms with Crippen molar-refractivity contribution >= 4 is 11.7 Å². The highest BCUT2D eigenvalue weighted by Gasteiger charge is 2.33. The van der Waals surface area contributed by atoms with E-state index in [1.807, 2.05) is 49.8 Å². The lowest BCUT2D eigenvalue weighted by Crippen LogP contribution is -2.35. The molecule has 0 spiro atoms. The van der Waals surface area contributed by atoms with Crippen molar-refractivity contribution in [2.24, 2.45) is 18.9 Å². The van der Waals surface area contributed by atoms with Crippen molar-refractivity contribution in [1.82, 2.24) is 25.1 Å². The molecule has 1 unspecified atom stereocenters. The molecule has 0 radical (unpaired) electrons. The van der Waals surface area contributed by atoms with Crippen molar-refractivity contribution in [1.29, 1.82) is 5.26 Å². The van der Waals surface area contributed by atoms with Gasteiger partial charge in [0.25, 0.3) is 0 Å². The van der Waals surface area contributed by atoms with Crippen molar-refractivity contribution in [3.8, 4) is 17.2 Å². The van der Waals surface area contributed by atoms with Crippen molar-refractivity contribution in [2.75, 3.05) is 25.6 Å². The van der Waals surface area contributed by atoms with Crippen LogP contribution in [0.4, 0.5) is 5.82 Å². The van der Waals surface area contributed by atoms with Crippen LogP contribution in [-0.4, -0.2) is 45.9 Å². The van der Waals surface area contributed by atoms with Crippen LogP contribution in [0, 0.1) is 23.2 Å². The van der Waals surface area contributed by atoms with Crippen molar-refractivity contribution in [3.05, 3.63) is 95.7 Å². The third-order valence-electron chi connectivity index (χ3n) is 8.51. The standard InChI is InChI=1S/C35H41N7O2/c1-42-24-31(23-40-42)27-13-15-29(16-14-27)33(35(43)39-21-26-7-4-3-5-8-26)28-11-9-25(10-12-28)19-32-38-22-30(20-36)34(41-32)37-17-6-18-44-2/h3-5,7-8,13-16,22-25,28,33H,6,9-12,17-19,21H2,1-2H3,(H,39,43)(H,37,38,41)/t25-,28-,33?. The second-order valence-corrected chi connectivity index (χ2v) is 11.6. The Hall–Kier alpha value is -4.55. The number of carbonyl (C=O) groups is 1. The van der Waals surface area contributed by atoms with Crippen LogP contribution in [0.25, 0.3) is 11.1 Å². The molecule has 1 aliphatic carbocycles. The van der Waals surface area contributed by atoms with E-state index >= 15 is 0 Å². The van der Waals surface area contributed by atoms with Gasteiger partial charge in [-0.2, -0.15) is 10.4 Å². The Kier molecular flexibility index (Phi) is 10.7. The quantitative estimate of drug-likeness (QED) is 0.193. The average Bonchev–Trinajstić information content (AvgIpc) is 3.50. The Morgan fingerprint density at radius 2 is 1.84 bits per heavy atom. The maximum atomic E-state index is 13.8. The van der Waals surface area contributed by atoms with Crippen LogP contribution in [-0.2, 0) is 29.5 Å². The predicted octanol–water partition coefficient (Wildman–Crippen LogP) is 5.65. The van der Waals surface area contributed by atoms with Crippen molar-refractivity contribution < 1.29 is 9.53 Å². The lowest BCUT2D eigenvalue weighted by Gasteiger charge is -2.33. The number of benzene rings is 2. The number of carbonyl (C=O) groups excluding carboxylic acids is 1. The lowest BCUT2D eigenvalue weighted by atomic mass is 9.72.